The zero-order chi connectivity index (χ0) is 19.4. The van der Waals surface area contributed by atoms with E-state index < -0.39 is 0 Å². The summed E-state index contributed by atoms with van der Waals surface area (Å²) in [6.07, 6.45) is 19.5. The number of nitrogens with two attached hydrogens (primary N) is 1. The van der Waals surface area contributed by atoms with Gasteiger partial charge in [0, 0.05) is 12.3 Å². The summed E-state index contributed by atoms with van der Waals surface area (Å²) >= 11 is 0. The maximum absolute atomic E-state index is 5.65. The highest BCUT2D eigenvalue weighted by Gasteiger charge is 1.96. The second kappa shape index (κ2) is 18.2. The summed E-state index contributed by atoms with van der Waals surface area (Å²) in [5, 5.41) is 0. The molecule has 1 aromatic rings. The van der Waals surface area contributed by atoms with Crippen molar-refractivity contribution in [3.05, 3.63) is 24.3 Å². The van der Waals surface area contributed by atoms with E-state index in [0.717, 1.165) is 18.0 Å². The number of rotatable bonds is 19. The van der Waals surface area contributed by atoms with Gasteiger partial charge in [-0.3, -0.25) is 0 Å². The molecule has 156 valence electrons. The Balaban J connectivity index is 1.71. The lowest BCUT2D eigenvalue weighted by Gasteiger charge is -2.07. The molecular weight excluding hydrogens is 334 g/mol. The number of benzene rings is 1. The lowest BCUT2D eigenvalue weighted by atomic mass is 10.0. The van der Waals surface area contributed by atoms with E-state index in [4.69, 9.17) is 15.2 Å². The van der Waals surface area contributed by atoms with Crippen LogP contribution in [0.5, 0.6) is 5.75 Å². The molecule has 3 nitrogen and oxygen atoms in total. The lowest BCUT2D eigenvalue weighted by Crippen LogP contribution is -2.07. The van der Waals surface area contributed by atoms with Crippen molar-refractivity contribution in [3.63, 3.8) is 0 Å². The molecule has 1 rings (SSSR count). The molecule has 0 unspecified atom stereocenters. The number of hydrogen-bond donors (Lipinski definition) is 1. The highest BCUT2D eigenvalue weighted by atomic mass is 16.5. The summed E-state index contributed by atoms with van der Waals surface area (Å²) in [5.74, 6) is 0.851. The largest absolute Gasteiger partial charge is 0.491 e. The topological polar surface area (TPSA) is 44.5 Å². The molecule has 0 atom stereocenters. The number of unbranched alkanes of at least 4 members (excludes halogenated alkanes) is 13. The van der Waals surface area contributed by atoms with Crippen LogP contribution in [0.2, 0.25) is 0 Å². The fourth-order valence-corrected chi connectivity index (χ4v) is 3.28. The molecule has 27 heavy (non-hydrogen) atoms. The maximum atomic E-state index is 5.65. The molecule has 1 aromatic carbocycles. The van der Waals surface area contributed by atoms with Crippen LogP contribution in [-0.2, 0) is 4.74 Å². The number of nitrogen functional groups attached to an aromatic ring is 1. The van der Waals surface area contributed by atoms with Gasteiger partial charge < -0.3 is 15.2 Å². The molecule has 0 saturated carbocycles. The van der Waals surface area contributed by atoms with Gasteiger partial charge in [0.2, 0.25) is 0 Å². The summed E-state index contributed by atoms with van der Waals surface area (Å²) < 4.78 is 11.2. The minimum absolute atomic E-state index is 0.600. The summed E-state index contributed by atoms with van der Waals surface area (Å²) in [4.78, 5) is 0. The first-order valence-corrected chi connectivity index (χ1v) is 11.4. The van der Waals surface area contributed by atoms with Crippen LogP contribution in [0.4, 0.5) is 5.69 Å². The Labute approximate surface area is 168 Å². The van der Waals surface area contributed by atoms with Crippen LogP contribution in [0.25, 0.3) is 0 Å². The molecule has 0 aliphatic rings. The van der Waals surface area contributed by atoms with Crippen LogP contribution >= 0.6 is 0 Å². The molecule has 0 saturated heterocycles. The van der Waals surface area contributed by atoms with Crippen LogP contribution in [0.15, 0.2) is 24.3 Å². The third-order valence-electron chi connectivity index (χ3n) is 5.02. The molecule has 2 N–H and O–H groups in total. The third kappa shape index (κ3) is 15.5. The molecule has 0 aliphatic carbocycles. The Bertz CT molecular complexity index is 419. The molecule has 0 fully saturated rings. The summed E-state index contributed by atoms with van der Waals surface area (Å²) in [5.41, 5.74) is 6.41. The van der Waals surface area contributed by atoms with Crippen molar-refractivity contribution in [1.29, 1.82) is 0 Å². The van der Waals surface area contributed by atoms with Gasteiger partial charge in [-0.05, 0) is 30.7 Å². The van der Waals surface area contributed by atoms with Crippen molar-refractivity contribution < 1.29 is 9.47 Å². The molecule has 0 radical (unpaired) electrons. The molecule has 0 amide bonds. The van der Waals surface area contributed by atoms with Crippen LogP contribution in [0.1, 0.15) is 96.8 Å². The van der Waals surface area contributed by atoms with Crippen molar-refractivity contribution in [2.24, 2.45) is 0 Å². The van der Waals surface area contributed by atoms with Gasteiger partial charge in [0.05, 0.1) is 6.61 Å². The molecule has 0 aromatic heterocycles. The third-order valence-corrected chi connectivity index (χ3v) is 5.02. The van der Waals surface area contributed by atoms with Crippen molar-refractivity contribution in [1.82, 2.24) is 0 Å². The second-order valence-electron chi connectivity index (χ2n) is 7.63. The fraction of sp³-hybridized carbons (Fsp3) is 0.750. The number of ether oxygens (including phenoxy) is 2. The first kappa shape index (κ1) is 23.8. The van der Waals surface area contributed by atoms with Crippen LogP contribution in [0, 0.1) is 0 Å². The van der Waals surface area contributed by atoms with E-state index >= 15 is 0 Å². The Kier molecular flexibility index (Phi) is 16.0. The van der Waals surface area contributed by atoms with Gasteiger partial charge in [0.1, 0.15) is 12.4 Å². The quantitative estimate of drug-likeness (QED) is 0.206. The summed E-state index contributed by atoms with van der Waals surface area (Å²) in [7, 11) is 0. The smallest absolute Gasteiger partial charge is 0.119 e. The van der Waals surface area contributed by atoms with Crippen LogP contribution in [0.3, 0.4) is 0 Å². The van der Waals surface area contributed by atoms with Crippen LogP contribution in [-0.4, -0.2) is 19.8 Å². The van der Waals surface area contributed by atoms with Crippen molar-refractivity contribution in [2.45, 2.75) is 96.8 Å². The normalized spacial score (nSPS) is 11.0. The standard InChI is InChI=1S/C24H43NO2/c1-2-3-4-5-6-7-8-9-10-11-12-13-14-15-20-26-21-22-27-24-18-16-23(25)17-19-24/h16-19H,2-15,20-22,25H2,1H3. The van der Waals surface area contributed by atoms with E-state index in [0.29, 0.717) is 13.2 Å². The molecular formula is C24H43NO2. The van der Waals surface area contributed by atoms with Gasteiger partial charge >= 0.3 is 0 Å². The van der Waals surface area contributed by atoms with Crippen LogP contribution < -0.4 is 10.5 Å². The molecule has 3 heteroatoms. The van der Waals surface area contributed by atoms with Gasteiger partial charge in [-0.1, -0.05) is 90.4 Å². The van der Waals surface area contributed by atoms with Gasteiger partial charge in [0.15, 0.2) is 0 Å². The first-order valence-electron chi connectivity index (χ1n) is 11.4. The van der Waals surface area contributed by atoms with Gasteiger partial charge in [-0.15, -0.1) is 0 Å². The van der Waals surface area contributed by atoms with E-state index in [1.54, 1.807) is 0 Å². The number of hydrogen-bond acceptors (Lipinski definition) is 3. The Morgan fingerprint density at radius 3 is 1.59 bits per heavy atom. The van der Waals surface area contributed by atoms with Gasteiger partial charge in [0.25, 0.3) is 0 Å². The Morgan fingerprint density at radius 2 is 1.07 bits per heavy atom. The molecule has 0 heterocycles. The second-order valence-corrected chi connectivity index (χ2v) is 7.63. The van der Waals surface area contributed by atoms with E-state index in [-0.39, 0.29) is 0 Å². The zero-order valence-electron chi connectivity index (χ0n) is 17.7. The van der Waals surface area contributed by atoms with Crippen molar-refractivity contribution in [2.75, 3.05) is 25.6 Å². The average molecular weight is 378 g/mol. The molecule has 0 spiro atoms. The predicted molar refractivity (Wildman–Crippen MR) is 117 cm³/mol. The monoisotopic (exact) mass is 377 g/mol. The van der Waals surface area contributed by atoms with Crippen molar-refractivity contribution >= 4 is 5.69 Å². The molecule has 0 bridgehead atoms. The minimum atomic E-state index is 0.600. The zero-order valence-corrected chi connectivity index (χ0v) is 17.7. The minimum Gasteiger partial charge on any atom is -0.491 e. The van der Waals surface area contributed by atoms with E-state index in [2.05, 4.69) is 6.92 Å². The highest BCUT2D eigenvalue weighted by molar-refractivity contribution is 5.41. The summed E-state index contributed by atoms with van der Waals surface area (Å²) in [6, 6.07) is 7.49. The van der Waals surface area contributed by atoms with E-state index in [1.165, 1.54) is 89.9 Å². The van der Waals surface area contributed by atoms with E-state index in [1.807, 2.05) is 24.3 Å². The molecule has 0 aliphatic heterocycles. The lowest BCUT2D eigenvalue weighted by molar-refractivity contribution is 0.0971. The predicted octanol–water partition coefficient (Wildman–Crippen LogP) is 7.15. The van der Waals surface area contributed by atoms with Gasteiger partial charge in [-0.25, -0.2) is 0 Å². The summed E-state index contributed by atoms with van der Waals surface area (Å²) in [6.45, 7) is 4.39. The van der Waals surface area contributed by atoms with E-state index in [9.17, 15) is 0 Å². The fourth-order valence-electron chi connectivity index (χ4n) is 3.28. The first-order chi connectivity index (χ1) is 13.3. The Morgan fingerprint density at radius 1 is 0.593 bits per heavy atom. The Hall–Kier alpha value is -1.22. The SMILES string of the molecule is CCCCCCCCCCCCCCCCOCCOc1ccc(N)cc1. The van der Waals surface area contributed by atoms with Gasteiger partial charge in [-0.2, -0.15) is 0 Å². The maximum Gasteiger partial charge on any atom is 0.119 e. The average Bonchev–Trinajstić information content (AvgIpc) is 2.68. The highest BCUT2D eigenvalue weighted by Crippen LogP contribution is 2.14. The number of anilines is 1. The van der Waals surface area contributed by atoms with Crippen molar-refractivity contribution in [3.8, 4) is 5.75 Å².